The van der Waals surface area contributed by atoms with Gasteiger partial charge < -0.3 is 15.7 Å². The lowest BCUT2D eigenvalue weighted by molar-refractivity contribution is -0.142. The van der Waals surface area contributed by atoms with Gasteiger partial charge in [0.05, 0.1) is 17.3 Å². The molecule has 21 heavy (non-hydrogen) atoms. The smallest absolute Gasteiger partial charge is 0.319 e. The molecule has 6 nitrogen and oxygen atoms in total. The third-order valence-corrected chi connectivity index (χ3v) is 4.00. The highest BCUT2D eigenvalue weighted by molar-refractivity contribution is 5.90. The van der Waals surface area contributed by atoms with Gasteiger partial charge in [-0.05, 0) is 51.2 Å². The van der Waals surface area contributed by atoms with Crippen LogP contribution in [0.15, 0.2) is 12.3 Å². The van der Waals surface area contributed by atoms with Crippen molar-refractivity contribution in [3.05, 3.63) is 23.5 Å². The van der Waals surface area contributed by atoms with E-state index in [1.54, 1.807) is 6.20 Å². The van der Waals surface area contributed by atoms with Crippen molar-refractivity contribution < 1.29 is 14.7 Å². The van der Waals surface area contributed by atoms with Crippen LogP contribution in [0.5, 0.6) is 0 Å². The van der Waals surface area contributed by atoms with Gasteiger partial charge in [-0.15, -0.1) is 0 Å². The third kappa shape index (κ3) is 3.93. The normalized spacial score (nSPS) is 21.6. The second-order valence-corrected chi connectivity index (χ2v) is 5.57. The minimum atomic E-state index is -0.737. The van der Waals surface area contributed by atoms with E-state index in [0.29, 0.717) is 25.7 Å². The molecule has 0 radical (unpaired) electrons. The van der Waals surface area contributed by atoms with E-state index >= 15 is 0 Å². The maximum atomic E-state index is 12.0. The molecule has 0 saturated heterocycles. The van der Waals surface area contributed by atoms with Gasteiger partial charge in [-0.25, -0.2) is 4.79 Å². The molecule has 0 aromatic carbocycles. The molecule has 0 spiro atoms. The number of nitrogens with zero attached hydrogens (tertiary/aromatic N) is 1. The third-order valence-electron chi connectivity index (χ3n) is 4.00. The molecular formula is C15H21N3O3. The first kappa shape index (κ1) is 15.3. The molecule has 1 aliphatic carbocycles. The summed E-state index contributed by atoms with van der Waals surface area (Å²) in [4.78, 5) is 27.1. The summed E-state index contributed by atoms with van der Waals surface area (Å²) < 4.78 is 0. The Kier molecular flexibility index (Phi) is 4.77. The van der Waals surface area contributed by atoms with E-state index in [2.05, 4.69) is 15.6 Å². The zero-order valence-corrected chi connectivity index (χ0v) is 12.3. The Morgan fingerprint density at radius 3 is 2.48 bits per heavy atom. The average Bonchev–Trinajstić information content (AvgIpc) is 2.43. The monoisotopic (exact) mass is 291 g/mol. The van der Waals surface area contributed by atoms with Crippen LogP contribution in [-0.2, 0) is 4.79 Å². The van der Waals surface area contributed by atoms with Crippen LogP contribution in [0.4, 0.5) is 10.5 Å². The Labute approximate surface area is 124 Å². The predicted molar refractivity (Wildman–Crippen MR) is 79.2 cm³/mol. The number of nitrogens with one attached hydrogen (secondary N) is 2. The maximum Gasteiger partial charge on any atom is 0.319 e. The molecule has 2 amide bonds. The van der Waals surface area contributed by atoms with Crippen molar-refractivity contribution in [3.8, 4) is 0 Å². The van der Waals surface area contributed by atoms with Crippen LogP contribution < -0.4 is 10.6 Å². The lowest BCUT2D eigenvalue weighted by atomic mass is 9.86. The molecule has 0 aliphatic heterocycles. The van der Waals surface area contributed by atoms with Crippen molar-refractivity contribution in [2.45, 2.75) is 45.6 Å². The number of anilines is 1. The van der Waals surface area contributed by atoms with Crippen LogP contribution in [0, 0.1) is 19.8 Å². The zero-order valence-electron chi connectivity index (χ0n) is 12.3. The number of pyridine rings is 1. The number of carboxylic acids is 1. The Hall–Kier alpha value is -2.11. The van der Waals surface area contributed by atoms with Gasteiger partial charge in [0.1, 0.15) is 0 Å². The highest BCUT2D eigenvalue weighted by Crippen LogP contribution is 2.24. The minimum absolute atomic E-state index is 0.0397. The van der Waals surface area contributed by atoms with Gasteiger partial charge in [0.15, 0.2) is 0 Å². The fourth-order valence-electron chi connectivity index (χ4n) is 2.70. The molecule has 1 aromatic rings. The van der Waals surface area contributed by atoms with Crippen molar-refractivity contribution in [1.29, 1.82) is 0 Å². The molecule has 1 aliphatic rings. The average molecular weight is 291 g/mol. The standard InChI is InChI=1S/C15H21N3O3/c1-9-7-8-16-10(2)13(9)18-15(21)17-12-5-3-11(4-6-12)14(19)20/h7-8,11-12H,3-6H2,1-2H3,(H,19,20)(H2,17,18,21). The highest BCUT2D eigenvalue weighted by Gasteiger charge is 2.26. The number of aliphatic carboxylic acids is 1. The number of urea groups is 1. The van der Waals surface area contributed by atoms with Crippen molar-refractivity contribution in [3.63, 3.8) is 0 Å². The van der Waals surface area contributed by atoms with Crippen LogP contribution in [-0.4, -0.2) is 28.1 Å². The Bertz CT molecular complexity index is 517. The quantitative estimate of drug-likeness (QED) is 0.797. The second kappa shape index (κ2) is 6.56. The first-order valence-electron chi connectivity index (χ1n) is 7.20. The van der Waals surface area contributed by atoms with Gasteiger partial charge >= 0.3 is 12.0 Å². The number of carboxylic acid groups (broad SMARTS) is 1. The van der Waals surface area contributed by atoms with E-state index in [1.807, 2.05) is 19.9 Å². The summed E-state index contributed by atoms with van der Waals surface area (Å²) in [5.74, 6) is -1.01. The molecular weight excluding hydrogens is 270 g/mol. The van der Waals surface area contributed by atoms with E-state index in [-0.39, 0.29) is 18.0 Å². The van der Waals surface area contributed by atoms with Crippen molar-refractivity contribution in [1.82, 2.24) is 10.3 Å². The number of aryl methyl sites for hydroxylation is 2. The van der Waals surface area contributed by atoms with E-state index in [1.165, 1.54) is 0 Å². The van der Waals surface area contributed by atoms with Crippen molar-refractivity contribution in [2.75, 3.05) is 5.32 Å². The fourth-order valence-corrected chi connectivity index (χ4v) is 2.70. The van der Waals surface area contributed by atoms with Crippen LogP contribution in [0.3, 0.4) is 0 Å². The summed E-state index contributed by atoms with van der Waals surface area (Å²) >= 11 is 0. The molecule has 0 unspecified atom stereocenters. The predicted octanol–water partition coefficient (Wildman–Crippen LogP) is 2.46. The number of carbonyl (C=O) groups is 2. The lowest BCUT2D eigenvalue weighted by Gasteiger charge is -2.27. The molecule has 0 atom stereocenters. The van der Waals surface area contributed by atoms with Crippen LogP contribution in [0.25, 0.3) is 0 Å². The summed E-state index contributed by atoms with van der Waals surface area (Å²) in [6, 6.07) is 1.63. The molecule has 6 heteroatoms. The van der Waals surface area contributed by atoms with E-state index in [0.717, 1.165) is 16.9 Å². The highest BCUT2D eigenvalue weighted by atomic mass is 16.4. The van der Waals surface area contributed by atoms with Crippen LogP contribution >= 0.6 is 0 Å². The first-order chi connectivity index (χ1) is 9.97. The zero-order chi connectivity index (χ0) is 15.4. The number of carbonyl (C=O) groups excluding carboxylic acids is 1. The summed E-state index contributed by atoms with van der Waals surface area (Å²) in [7, 11) is 0. The largest absolute Gasteiger partial charge is 0.481 e. The summed E-state index contributed by atoms with van der Waals surface area (Å²) in [5.41, 5.74) is 2.47. The summed E-state index contributed by atoms with van der Waals surface area (Å²) in [5, 5.41) is 14.7. The van der Waals surface area contributed by atoms with Gasteiger partial charge in [0.2, 0.25) is 0 Å². The summed E-state index contributed by atoms with van der Waals surface area (Å²) in [6.45, 7) is 3.77. The van der Waals surface area contributed by atoms with E-state index in [9.17, 15) is 9.59 Å². The summed E-state index contributed by atoms with van der Waals surface area (Å²) in [6.07, 6.45) is 4.35. The van der Waals surface area contributed by atoms with Gasteiger partial charge in [-0.2, -0.15) is 0 Å². The number of hydrogen-bond donors (Lipinski definition) is 3. The van der Waals surface area contributed by atoms with Crippen molar-refractivity contribution in [2.24, 2.45) is 5.92 Å². The number of amides is 2. The molecule has 2 rings (SSSR count). The SMILES string of the molecule is Cc1ccnc(C)c1NC(=O)NC1CCC(C(=O)O)CC1. The van der Waals surface area contributed by atoms with E-state index < -0.39 is 5.97 Å². The Morgan fingerprint density at radius 1 is 1.24 bits per heavy atom. The van der Waals surface area contributed by atoms with Gasteiger partial charge in [0, 0.05) is 12.2 Å². The Balaban J connectivity index is 1.87. The molecule has 0 bridgehead atoms. The van der Waals surface area contributed by atoms with E-state index in [4.69, 9.17) is 5.11 Å². The van der Waals surface area contributed by atoms with Gasteiger partial charge in [-0.1, -0.05) is 0 Å². The molecule has 1 fully saturated rings. The fraction of sp³-hybridized carbons (Fsp3) is 0.533. The van der Waals surface area contributed by atoms with Gasteiger partial charge in [0.25, 0.3) is 0 Å². The first-order valence-corrected chi connectivity index (χ1v) is 7.20. The van der Waals surface area contributed by atoms with Crippen LogP contribution in [0.1, 0.15) is 36.9 Å². The van der Waals surface area contributed by atoms with Crippen molar-refractivity contribution >= 4 is 17.7 Å². The molecule has 3 N–H and O–H groups in total. The number of rotatable bonds is 3. The van der Waals surface area contributed by atoms with Gasteiger partial charge in [-0.3, -0.25) is 9.78 Å². The Morgan fingerprint density at radius 2 is 1.90 bits per heavy atom. The number of hydrogen-bond acceptors (Lipinski definition) is 3. The maximum absolute atomic E-state index is 12.0. The minimum Gasteiger partial charge on any atom is -0.481 e. The molecule has 1 heterocycles. The lowest BCUT2D eigenvalue weighted by Crippen LogP contribution is -2.41. The second-order valence-electron chi connectivity index (χ2n) is 5.57. The molecule has 114 valence electrons. The number of aromatic nitrogens is 1. The van der Waals surface area contributed by atoms with Crippen LogP contribution in [0.2, 0.25) is 0 Å². The molecule has 1 saturated carbocycles. The topological polar surface area (TPSA) is 91.3 Å². The molecule has 1 aromatic heterocycles.